The lowest BCUT2D eigenvalue weighted by Crippen LogP contribution is -2.60. The van der Waals surface area contributed by atoms with Gasteiger partial charge in [0.2, 0.25) is 47.3 Å². The van der Waals surface area contributed by atoms with E-state index in [-0.39, 0.29) is 62.5 Å². The van der Waals surface area contributed by atoms with Gasteiger partial charge in [0.15, 0.2) is 0 Å². The van der Waals surface area contributed by atoms with Gasteiger partial charge in [-0.3, -0.25) is 43.3 Å². The topological polar surface area (TPSA) is 328 Å². The first-order valence-corrected chi connectivity index (χ1v) is 27.4. The molecule has 8 amide bonds. The predicted octanol–water partition coefficient (Wildman–Crippen LogP) is 1.54. The summed E-state index contributed by atoms with van der Waals surface area (Å²) in [4.78, 5) is 116. The highest BCUT2D eigenvalue weighted by Gasteiger charge is 2.34. The third kappa shape index (κ3) is 17.5. The van der Waals surface area contributed by atoms with E-state index in [2.05, 4.69) is 72.4 Å². The van der Waals surface area contributed by atoms with Crippen LogP contribution in [0.4, 0.5) is 0 Å². The van der Waals surface area contributed by atoms with Gasteiger partial charge in [-0.15, -0.1) is 0 Å². The minimum absolute atomic E-state index is 0.00729. The largest absolute Gasteiger partial charge is 0.368 e. The number of amides is 8. The fraction of sp³-hybridized carbons (Fsp3) is 0.436. The molecular formula is C55H72N12O8S2. The van der Waals surface area contributed by atoms with E-state index in [0.717, 1.165) is 52.9 Å². The number of hydrogen-bond acceptors (Lipinski definition) is 13. The average Bonchev–Trinajstić information content (AvgIpc) is 4.13. The van der Waals surface area contributed by atoms with Crippen molar-refractivity contribution in [1.82, 2.24) is 47.2 Å². The number of nitrogens with zero attached hydrogens (tertiary/aromatic N) is 1. The smallest absolute Gasteiger partial charge is 0.244 e. The van der Waals surface area contributed by atoms with Crippen LogP contribution in [-0.2, 0) is 57.6 Å². The number of aromatic amines is 1. The van der Waals surface area contributed by atoms with Crippen molar-refractivity contribution in [3.05, 3.63) is 114 Å². The maximum absolute atomic E-state index is 14.6. The molecule has 1 aliphatic carbocycles. The number of pyridine rings is 1. The van der Waals surface area contributed by atoms with Gasteiger partial charge in [-0.2, -0.15) is 25.3 Å². The molecule has 0 saturated heterocycles. The molecule has 22 heteroatoms. The first-order valence-electron chi connectivity index (χ1n) is 26.2. The molecule has 77 heavy (non-hydrogen) atoms. The van der Waals surface area contributed by atoms with E-state index < -0.39 is 89.6 Å². The van der Waals surface area contributed by atoms with E-state index in [1.54, 1.807) is 30.7 Å². The van der Waals surface area contributed by atoms with E-state index in [1.165, 1.54) is 0 Å². The second-order valence-electron chi connectivity index (χ2n) is 19.4. The lowest BCUT2D eigenvalue weighted by Gasteiger charge is -2.27. The van der Waals surface area contributed by atoms with Gasteiger partial charge >= 0.3 is 0 Å². The zero-order valence-electron chi connectivity index (χ0n) is 43.0. The number of thiol groups is 2. The molecule has 0 spiro atoms. The molecule has 2 aromatic heterocycles. The number of para-hydroxylation sites is 1. The second kappa shape index (κ2) is 30.1. The average molecular weight is 1090 g/mol. The number of primary amides is 1. The molecule has 1 fully saturated rings. The zero-order valence-corrected chi connectivity index (χ0v) is 44.8. The number of unbranched alkanes of at least 4 members (excludes halogenated alkanes) is 1. The van der Waals surface area contributed by atoms with Gasteiger partial charge in [0, 0.05) is 73.2 Å². The second-order valence-corrected chi connectivity index (χ2v) is 20.1. The number of carbonyl (C=O) groups is 8. The zero-order chi connectivity index (χ0) is 55.3. The van der Waals surface area contributed by atoms with Gasteiger partial charge in [0.05, 0.1) is 6.04 Å². The van der Waals surface area contributed by atoms with Crippen molar-refractivity contribution < 1.29 is 38.4 Å². The third-order valence-corrected chi connectivity index (χ3v) is 14.5. The number of rotatable bonds is 30. The van der Waals surface area contributed by atoms with Crippen LogP contribution in [0.2, 0.25) is 0 Å². The lowest BCUT2D eigenvalue weighted by atomic mass is 9.98. The summed E-state index contributed by atoms with van der Waals surface area (Å²) in [7, 11) is 0. The summed E-state index contributed by atoms with van der Waals surface area (Å²) in [6.45, 7) is 0.359. The van der Waals surface area contributed by atoms with Crippen LogP contribution >= 0.6 is 25.3 Å². The van der Waals surface area contributed by atoms with Crippen LogP contribution in [0.15, 0.2) is 97.5 Å². The molecule has 412 valence electrons. The van der Waals surface area contributed by atoms with Crippen LogP contribution in [0.3, 0.4) is 0 Å². The SMILES string of the molecule is NCCCC[C@H](NC(=O)[C@@H](Cc1c[nH]c2ccccc12)NC(=O)[C@H](Cc1cccnc1)NC(=O)[C@@H](CS)NC(=O)[C@@H](N)C1CCCC1)C(=O)NCCCC(=O)N[C@H](CS)C(=O)N[C@@H](Cc1cccc2ccccc12)C(N)=O. The number of H-pyrrole nitrogens is 1. The monoisotopic (exact) mass is 1090 g/mol. The van der Waals surface area contributed by atoms with Crippen LogP contribution in [0.5, 0.6) is 0 Å². The van der Waals surface area contributed by atoms with E-state index in [9.17, 15) is 38.4 Å². The van der Waals surface area contributed by atoms with Crippen molar-refractivity contribution in [2.45, 2.75) is 119 Å². The summed E-state index contributed by atoms with van der Waals surface area (Å²) < 4.78 is 0. The maximum atomic E-state index is 14.6. The molecule has 5 aromatic rings. The van der Waals surface area contributed by atoms with Crippen molar-refractivity contribution in [3.63, 3.8) is 0 Å². The number of nitrogens with one attached hydrogen (secondary N) is 8. The molecular weight excluding hydrogens is 1020 g/mol. The molecule has 0 unspecified atom stereocenters. The number of nitrogens with two attached hydrogens (primary N) is 3. The Morgan fingerprint density at radius 3 is 1.88 bits per heavy atom. The molecule has 0 bridgehead atoms. The third-order valence-electron chi connectivity index (χ3n) is 13.8. The number of carbonyl (C=O) groups excluding carboxylic acids is 8. The van der Waals surface area contributed by atoms with Crippen LogP contribution in [-0.4, -0.2) is 124 Å². The standard InChI is InChI=1S/C55H72N12O8S2/c56-23-8-7-21-41(50(70)60-25-11-22-47(68)62-45(31-76)53(73)64-42(49(58)69)27-36-17-9-16-34-13-3-4-18-38(34)36)63-52(72)44(28-37-30-61-40-20-6-5-19-39(37)40)66-51(71)43(26-33-12-10-24-59-29-33)65-54(74)46(32-77)67-55(75)48(57)35-14-1-2-15-35/h3-6,9-10,12-13,16-20,24,29-30,35,41-46,48,61,76-77H,1-2,7-8,11,14-15,21-23,25-28,31-32,56-57H2,(H2,58,69)(H,60,70)(H,62,68)(H,63,72)(H,64,73)(H,65,74)(H,66,71)(H,67,75)/t41-,42-,43-,44+,45+,46+,48-/m0/s1. The van der Waals surface area contributed by atoms with E-state index in [1.807, 2.05) is 66.7 Å². The highest BCUT2D eigenvalue weighted by molar-refractivity contribution is 7.80. The normalized spacial score (nSPS) is 15.2. The molecule has 0 aliphatic heterocycles. The number of aromatic nitrogens is 2. The van der Waals surface area contributed by atoms with Crippen LogP contribution in [0.1, 0.15) is 74.5 Å². The Morgan fingerprint density at radius 2 is 1.21 bits per heavy atom. The molecule has 20 nitrogen and oxygen atoms in total. The predicted molar refractivity (Wildman–Crippen MR) is 301 cm³/mol. The highest BCUT2D eigenvalue weighted by Crippen LogP contribution is 2.27. The first-order chi connectivity index (χ1) is 37.2. The molecule has 0 radical (unpaired) electrons. The molecule has 3 aromatic carbocycles. The first kappa shape index (κ1) is 59.2. The van der Waals surface area contributed by atoms with Crippen LogP contribution in [0, 0.1) is 5.92 Å². The Kier molecular flexibility index (Phi) is 23.1. The number of hydrogen-bond donors (Lipinski definition) is 13. The highest BCUT2D eigenvalue weighted by atomic mass is 32.1. The van der Waals surface area contributed by atoms with Gasteiger partial charge in [-0.05, 0) is 90.6 Å². The van der Waals surface area contributed by atoms with Gasteiger partial charge in [-0.25, -0.2) is 0 Å². The summed E-state index contributed by atoms with van der Waals surface area (Å²) in [5, 5.41) is 22.0. The molecule has 1 aliphatic rings. The number of fused-ring (bicyclic) bond motifs is 2. The molecule has 1 saturated carbocycles. The summed E-state index contributed by atoms with van der Waals surface area (Å²) in [5.41, 5.74) is 20.7. The Labute approximate surface area is 458 Å². The van der Waals surface area contributed by atoms with E-state index in [4.69, 9.17) is 17.2 Å². The van der Waals surface area contributed by atoms with Crippen molar-refractivity contribution in [2.75, 3.05) is 24.6 Å². The number of benzene rings is 3. The Balaban J connectivity index is 1.10. The molecule has 14 N–H and O–H groups in total. The lowest BCUT2D eigenvalue weighted by molar-refractivity contribution is -0.134. The van der Waals surface area contributed by atoms with Crippen molar-refractivity contribution >= 4 is 94.2 Å². The van der Waals surface area contributed by atoms with Crippen molar-refractivity contribution in [2.24, 2.45) is 23.1 Å². The summed E-state index contributed by atoms with van der Waals surface area (Å²) in [5.74, 6) is -5.19. The van der Waals surface area contributed by atoms with Crippen molar-refractivity contribution in [3.8, 4) is 0 Å². The molecule has 2 heterocycles. The minimum Gasteiger partial charge on any atom is -0.368 e. The van der Waals surface area contributed by atoms with E-state index >= 15 is 0 Å². The van der Waals surface area contributed by atoms with Gasteiger partial charge in [0.1, 0.15) is 36.3 Å². The molecule has 7 atom stereocenters. The Hall–Kier alpha value is -7.01. The Bertz CT molecular complexity index is 2810. The van der Waals surface area contributed by atoms with Gasteiger partial charge in [-0.1, -0.05) is 79.6 Å². The summed E-state index contributed by atoms with van der Waals surface area (Å²) >= 11 is 8.62. The summed E-state index contributed by atoms with van der Waals surface area (Å²) in [6, 6.07) is 16.4. The summed E-state index contributed by atoms with van der Waals surface area (Å²) in [6.07, 6.45) is 9.76. The Morgan fingerprint density at radius 1 is 0.610 bits per heavy atom. The van der Waals surface area contributed by atoms with Gasteiger partial charge in [0.25, 0.3) is 0 Å². The van der Waals surface area contributed by atoms with Crippen molar-refractivity contribution in [1.29, 1.82) is 0 Å². The van der Waals surface area contributed by atoms with Crippen LogP contribution in [0.25, 0.3) is 21.7 Å². The molecule has 6 rings (SSSR count). The van der Waals surface area contributed by atoms with Crippen LogP contribution < -0.4 is 54.4 Å². The fourth-order valence-corrected chi connectivity index (χ4v) is 10.0. The fourth-order valence-electron chi connectivity index (χ4n) is 9.49. The quantitative estimate of drug-likeness (QED) is 0.0231. The maximum Gasteiger partial charge on any atom is 0.244 e. The van der Waals surface area contributed by atoms with Gasteiger partial charge < -0.3 is 59.4 Å². The van der Waals surface area contributed by atoms with E-state index in [0.29, 0.717) is 30.5 Å². The minimum atomic E-state index is -1.28.